The summed E-state index contributed by atoms with van der Waals surface area (Å²) in [6.07, 6.45) is 3.81. The van der Waals surface area contributed by atoms with E-state index in [1.807, 2.05) is 0 Å². The second kappa shape index (κ2) is 6.83. The van der Waals surface area contributed by atoms with Gasteiger partial charge in [-0.2, -0.15) is 0 Å². The Labute approximate surface area is 134 Å². The molecule has 2 N–H and O–H groups in total. The van der Waals surface area contributed by atoms with Crippen LogP contribution in [0.3, 0.4) is 0 Å². The van der Waals surface area contributed by atoms with E-state index in [9.17, 15) is 13.6 Å². The standard InChI is InChI=1S/C17H22F2N2O2/c18-15-8-13(23-12-5-11(6-12)7-17(20)22)9-16(19)14(15)10-21-3-1-2-4-21/h8-9,11-12H,1-7,10H2,(H2,20,22). The average Bonchev–Trinajstić information content (AvgIpc) is 2.93. The molecule has 6 heteroatoms. The third kappa shape index (κ3) is 3.99. The molecule has 0 radical (unpaired) electrons. The molecule has 0 spiro atoms. The lowest BCUT2D eigenvalue weighted by atomic mass is 9.80. The van der Waals surface area contributed by atoms with E-state index < -0.39 is 11.6 Å². The Hall–Kier alpha value is -1.69. The highest BCUT2D eigenvalue weighted by Gasteiger charge is 2.32. The van der Waals surface area contributed by atoms with Crippen LogP contribution in [0, 0.1) is 17.6 Å². The Morgan fingerprint density at radius 1 is 1.22 bits per heavy atom. The minimum atomic E-state index is -0.556. The Morgan fingerprint density at radius 3 is 2.39 bits per heavy atom. The maximum atomic E-state index is 14.2. The number of benzene rings is 1. The van der Waals surface area contributed by atoms with Crippen molar-refractivity contribution in [1.29, 1.82) is 0 Å². The van der Waals surface area contributed by atoms with E-state index in [4.69, 9.17) is 10.5 Å². The van der Waals surface area contributed by atoms with E-state index in [1.54, 1.807) is 0 Å². The predicted molar refractivity (Wildman–Crippen MR) is 81.8 cm³/mol. The number of carbonyl (C=O) groups is 1. The van der Waals surface area contributed by atoms with Gasteiger partial charge >= 0.3 is 0 Å². The van der Waals surface area contributed by atoms with Gasteiger partial charge in [0.1, 0.15) is 17.4 Å². The van der Waals surface area contributed by atoms with Crippen molar-refractivity contribution in [3.63, 3.8) is 0 Å². The molecule has 4 nitrogen and oxygen atoms in total. The number of amides is 1. The summed E-state index contributed by atoms with van der Waals surface area (Å²) >= 11 is 0. The third-order valence-electron chi connectivity index (χ3n) is 4.68. The molecule has 2 fully saturated rings. The minimum Gasteiger partial charge on any atom is -0.490 e. The number of halogens is 2. The van der Waals surface area contributed by atoms with Gasteiger partial charge < -0.3 is 10.5 Å². The highest BCUT2D eigenvalue weighted by atomic mass is 19.1. The first-order valence-corrected chi connectivity index (χ1v) is 8.16. The monoisotopic (exact) mass is 324 g/mol. The molecule has 1 aromatic rings. The Kier molecular flexibility index (Phi) is 4.80. The van der Waals surface area contributed by atoms with Crippen molar-refractivity contribution < 1.29 is 18.3 Å². The van der Waals surface area contributed by atoms with E-state index in [1.165, 1.54) is 12.1 Å². The second-order valence-electron chi connectivity index (χ2n) is 6.60. The van der Waals surface area contributed by atoms with E-state index in [0.29, 0.717) is 25.8 Å². The molecule has 2 aliphatic rings. The van der Waals surface area contributed by atoms with Crippen molar-refractivity contribution >= 4 is 5.91 Å². The molecule has 1 aliphatic heterocycles. The molecule has 1 aliphatic carbocycles. The molecule has 1 amide bonds. The van der Waals surface area contributed by atoms with Crippen molar-refractivity contribution in [2.45, 2.75) is 44.8 Å². The van der Waals surface area contributed by atoms with Crippen LogP contribution in [0.4, 0.5) is 8.78 Å². The number of hydrogen-bond donors (Lipinski definition) is 1. The summed E-state index contributed by atoms with van der Waals surface area (Å²) in [5.41, 5.74) is 5.25. The lowest BCUT2D eigenvalue weighted by Gasteiger charge is -2.34. The lowest BCUT2D eigenvalue weighted by molar-refractivity contribution is -0.120. The fraction of sp³-hybridized carbons (Fsp3) is 0.588. The molecule has 23 heavy (non-hydrogen) atoms. The van der Waals surface area contributed by atoms with Crippen LogP contribution in [-0.2, 0) is 11.3 Å². The van der Waals surface area contributed by atoms with E-state index >= 15 is 0 Å². The molecule has 1 aromatic carbocycles. The van der Waals surface area contributed by atoms with Crippen molar-refractivity contribution in [1.82, 2.24) is 4.90 Å². The number of rotatable bonds is 6. The van der Waals surface area contributed by atoms with Gasteiger partial charge in [-0.05, 0) is 44.7 Å². The van der Waals surface area contributed by atoms with E-state index in [2.05, 4.69) is 4.90 Å². The van der Waals surface area contributed by atoms with E-state index in [-0.39, 0.29) is 29.2 Å². The predicted octanol–water partition coefficient (Wildman–Crippen LogP) is 2.59. The lowest BCUT2D eigenvalue weighted by Crippen LogP contribution is -2.36. The molecule has 1 saturated carbocycles. The number of ether oxygens (including phenoxy) is 1. The van der Waals surface area contributed by atoms with Gasteiger partial charge in [-0.25, -0.2) is 8.78 Å². The number of primary amides is 1. The smallest absolute Gasteiger partial charge is 0.217 e. The van der Waals surface area contributed by atoms with Crippen LogP contribution in [-0.4, -0.2) is 30.0 Å². The van der Waals surface area contributed by atoms with Gasteiger partial charge in [0, 0.05) is 30.7 Å². The number of hydrogen-bond acceptors (Lipinski definition) is 3. The Balaban J connectivity index is 1.58. The summed E-state index contributed by atoms with van der Waals surface area (Å²) in [6, 6.07) is 2.52. The van der Waals surface area contributed by atoms with Crippen LogP contribution in [0.5, 0.6) is 5.75 Å². The van der Waals surface area contributed by atoms with Gasteiger partial charge in [-0.3, -0.25) is 9.69 Å². The maximum absolute atomic E-state index is 14.2. The van der Waals surface area contributed by atoms with Gasteiger partial charge in [0.25, 0.3) is 0 Å². The summed E-state index contributed by atoms with van der Waals surface area (Å²) in [7, 11) is 0. The molecule has 1 saturated heterocycles. The summed E-state index contributed by atoms with van der Waals surface area (Å²) < 4.78 is 34.0. The largest absolute Gasteiger partial charge is 0.490 e. The SMILES string of the molecule is NC(=O)CC1CC(Oc2cc(F)c(CN3CCCC3)c(F)c2)C1. The molecule has 0 aromatic heterocycles. The van der Waals surface area contributed by atoms with Crippen LogP contribution in [0.15, 0.2) is 12.1 Å². The Morgan fingerprint density at radius 2 is 1.83 bits per heavy atom. The fourth-order valence-electron chi connectivity index (χ4n) is 3.38. The molecule has 0 unspecified atom stereocenters. The molecular weight excluding hydrogens is 302 g/mol. The number of nitrogens with zero attached hydrogens (tertiary/aromatic N) is 1. The van der Waals surface area contributed by atoms with Crippen molar-refractivity contribution in [3.8, 4) is 5.75 Å². The minimum absolute atomic E-state index is 0.0948. The maximum Gasteiger partial charge on any atom is 0.217 e. The zero-order valence-corrected chi connectivity index (χ0v) is 13.1. The molecule has 126 valence electrons. The second-order valence-corrected chi connectivity index (χ2v) is 6.60. The normalized spacial score (nSPS) is 24.4. The Bertz CT molecular complexity index is 559. The highest BCUT2D eigenvalue weighted by Crippen LogP contribution is 2.34. The highest BCUT2D eigenvalue weighted by molar-refractivity contribution is 5.74. The van der Waals surface area contributed by atoms with Crippen molar-refractivity contribution in [3.05, 3.63) is 29.3 Å². The summed E-state index contributed by atoms with van der Waals surface area (Å²) in [5, 5.41) is 0. The fourth-order valence-corrected chi connectivity index (χ4v) is 3.38. The average molecular weight is 324 g/mol. The number of likely N-dealkylation sites (tertiary alicyclic amines) is 1. The first-order valence-electron chi connectivity index (χ1n) is 8.16. The van der Waals surface area contributed by atoms with Crippen LogP contribution < -0.4 is 10.5 Å². The topological polar surface area (TPSA) is 55.6 Å². The summed E-state index contributed by atoms with van der Waals surface area (Å²) in [4.78, 5) is 12.9. The first-order chi connectivity index (χ1) is 11.0. The van der Waals surface area contributed by atoms with Gasteiger partial charge in [0.15, 0.2) is 0 Å². The third-order valence-corrected chi connectivity index (χ3v) is 4.68. The molecule has 1 heterocycles. The first kappa shape index (κ1) is 16.2. The summed E-state index contributed by atoms with van der Waals surface area (Å²) in [5.74, 6) is -0.994. The van der Waals surface area contributed by atoms with Crippen LogP contribution in [0.25, 0.3) is 0 Å². The van der Waals surface area contributed by atoms with Crippen molar-refractivity contribution in [2.24, 2.45) is 11.7 Å². The van der Waals surface area contributed by atoms with Gasteiger partial charge in [-0.15, -0.1) is 0 Å². The molecular formula is C17H22F2N2O2. The van der Waals surface area contributed by atoms with Crippen LogP contribution >= 0.6 is 0 Å². The van der Waals surface area contributed by atoms with Crippen LogP contribution in [0.1, 0.15) is 37.7 Å². The zero-order chi connectivity index (χ0) is 16.4. The molecule has 0 atom stereocenters. The van der Waals surface area contributed by atoms with Crippen LogP contribution in [0.2, 0.25) is 0 Å². The van der Waals surface area contributed by atoms with Gasteiger partial charge in [0.2, 0.25) is 5.91 Å². The summed E-state index contributed by atoms with van der Waals surface area (Å²) in [6.45, 7) is 2.09. The zero-order valence-electron chi connectivity index (χ0n) is 13.1. The molecule has 0 bridgehead atoms. The molecule has 3 rings (SSSR count). The van der Waals surface area contributed by atoms with Crippen molar-refractivity contribution in [2.75, 3.05) is 13.1 Å². The van der Waals surface area contributed by atoms with Gasteiger partial charge in [0.05, 0.1) is 6.10 Å². The number of nitrogens with two attached hydrogens (primary N) is 1. The van der Waals surface area contributed by atoms with E-state index in [0.717, 1.165) is 25.9 Å². The number of carbonyl (C=O) groups excluding carboxylic acids is 1. The quantitative estimate of drug-likeness (QED) is 0.875. The van der Waals surface area contributed by atoms with Gasteiger partial charge in [-0.1, -0.05) is 0 Å².